The van der Waals surface area contributed by atoms with Crippen LogP contribution in [0.15, 0.2) is 24.3 Å². The Kier molecular flexibility index (Phi) is 6.30. The summed E-state index contributed by atoms with van der Waals surface area (Å²) in [5.74, 6) is -0.0553. The second-order valence-corrected chi connectivity index (χ2v) is 4.11. The first-order valence-corrected chi connectivity index (χ1v) is 6.21. The number of nitrogens with one attached hydrogen (secondary N) is 2. The first-order valence-electron chi connectivity index (χ1n) is 6.21. The number of carbonyl (C=O) groups excluding carboxylic acids is 1. The van der Waals surface area contributed by atoms with Crippen molar-refractivity contribution < 1.29 is 22.7 Å². The van der Waals surface area contributed by atoms with Crippen LogP contribution in [0.3, 0.4) is 0 Å². The molecule has 1 aromatic carbocycles. The third kappa shape index (κ3) is 6.42. The van der Waals surface area contributed by atoms with E-state index in [1.54, 1.807) is 24.3 Å². The van der Waals surface area contributed by atoms with E-state index in [9.17, 15) is 18.0 Å². The number of para-hydroxylation sites is 2. The van der Waals surface area contributed by atoms with Gasteiger partial charge in [0.05, 0.1) is 25.4 Å². The quantitative estimate of drug-likeness (QED) is 0.811. The lowest BCUT2D eigenvalue weighted by Crippen LogP contribution is -2.35. The fourth-order valence-corrected chi connectivity index (χ4v) is 1.42. The SMILES string of the molecule is CCCOc1ccccc1NC(=O)CNCC(F)(F)F. The minimum Gasteiger partial charge on any atom is -0.491 e. The fraction of sp³-hybridized carbons (Fsp3) is 0.462. The molecule has 0 aliphatic carbocycles. The van der Waals surface area contributed by atoms with Gasteiger partial charge in [0.25, 0.3) is 0 Å². The van der Waals surface area contributed by atoms with Gasteiger partial charge >= 0.3 is 6.18 Å². The van der Waals surface area contributed by atoms with E-state index in [2.05, 4.69) is 5.32 Å². The van der Waals surface area contributed by atoms with Gasteiger partial charge in [0.2, 0.25) is 5.91 Å². The van der Waals surface area contributed by atoms with E-state index in [0.29, 0.717) is 18.0 Å². The van der Waals surface area contributed by atoms with Gasteiger partial charge in [-0.1, -0.05) is 19.1 Å². The molecule has 4 nitrogen and oxygen atoms in total. The van der Waals surface area contributed by atoms with Gasteiger partial charge in [-0.25, -0.2) is 0 Å². The lowest BCUT2D eigenvalue weighted by atomic mass is 10.3. The van der Waals surface area contributed by atoms with Gasteiger partial charge in [-0.15, -0.1) is 0 Å². The summed E-state index contributed by atoms with van der Waals surface area (Å²) < 4.78 is 41.2. The summed E-state index contributed by atoms with van der Waals surface area (Å²) in [5.41, 5.74) is 0.444. The van der Waals surface area contributed by atoms with E-state index in [0.717, 1.165) is 6.42 Å². The van der Waals surface area contributed by atoms with Gasteiger partial charge in [0.15, 0.2) is 0 Å². The molecule has 0 spiro atoms. The van der Waals surface area contributed by atoms with Crippen LogP contribution in [0, 0.1) is 0 Å². The minimum atomic E-state index is -4.33. The predicted molar refractivity (Wildman–Crippen MR) is 69.8 cm³/mol. The Morgan fingerprint density at radius 2 is 2.00 bits per heavy atom. The summed E-state index contributed by atoms with van der Waals surface area (Å²) >= 11 is 0. The van der Waals surface area contributed by atoms with Crippen molar-refractivity contribution >= 4 is 11.6 Å². The monoisotopic (exact) mass is 290 g/mol. The van der Waals surface area contributed by atoms with Crippen LogP contribution in [0.2, 0.25) is 0 Å². The molecule has 0 aliphatic rings. The zero-order chi connectivity index (χ0) is 15.0. The maximum Gasteiger partial charge on any atom is 0.401 e. The molecule has 2 N–H and O–H groups in total. The van der Waals surface area contributed by atoms with Crippen molar-refractivity contribution in [3.05, 3.63) is 24.3 Å². The molecular formula is C13H17F3N2O2. The summed E-state index contributed by atoms with van der Waals surface area (Å²) in [6, 6.07) is 6.78. The Labute approximate surface area is 115 Å². The Morgan fingerprint density at radius 3 is 2.65 bits per heavy atom. The molecule has 0 unspecified atom stereocenters. The Hall–Kier alpha value is -1.76. The largest absolute Gasteiger partial charge is 0.491 e. The van der Waals surface area contributed by atoms with E-state index in [-0.39, 0.29) is 0 Å². The molecule has 112 valence electrons. The molecule has 1 amide bonds. The number of hydrogen-bond donors (Lipinski definition) is 2. The number of carbonyl (C=O) groups is 1. The average molecular weight is 290 g/mol. The summed E-state index contributed by atoms with van der Waals surface area (Å²) in [6.07, 6.45) is -3.52. The minimum absolute atomic E-state index is 0.415. The molecule has 0 aliphatic heterocycles. The third-order valence-corrected chi connectivity index (χ3v) is 2.23. The van der Waals surface area contributed by atoms with E-state index in [4.69, 9.17) is 4.74 Å². The van der Waals surface area contributed by atoms with Gasteiger partial charge in [-0.2, -0.15) is 13.2 Å². The molecule has 7 heteroatoms. The number of halogens is 3. The average Bonchev–Trinajstić information content (AvgIpc) is 2.36. The van der Waals surface area contributed by atoms with Crippen molar-refractivity contribution in [1.29, 1.82) is 0 Å². The van der Waals surface area contributed by atoms with Gasteiger partial charge in [0.1, 0.15) is 5.75 Å². The van der Waals surface area contributed by atoms with E-state index < -0.39 is 25.2 Å². The van der Waals surface area contributed by atoms with Crippen LogP contribution in [0.25, 0.3) is 0 Å². The number of amides is 1. The highest BCUT2D eigenvalue weighted by molar-refractivity contribution is 5.93. The standard InChI is InChI=1S/C13H17F3N2O2/c1-2-7-20-11-6-4-3-5-10(11)18-12(19)8-17-9-13(14,15)16/h3-6,17H,2,7-9H2,1H3,(H,18,19). The van der Waals surface area contributed by atoms with Crippen LogP contribution in [0.5, 0.6) is 5.75 Å². The van der Waals surface area contributed by atoms with Gasteiger partial charge in [0, 0.05) is 0 Å². The normalized spacial score (nSPS) is 11.2. The molecule has 0 aromatic heterocycles. The number of ether oxygens (including phenoxy) is 1. The molecule has 0 radical (unpaired) electrons. The fourth-order valence-electron chi connectivity index (χ4n) is 1.42. The van der Waals surface area contributed by atoms with Crippen molar-refractivity contribution in [3.63, 3.8) is 0 Å². The van der Waals surface area contributed by atoms with Crippen molar-refractivity contribution in [2.75, 3.05) is 25.0 Å². The van der Waals surface area contributed by atoms with Crippen LogP contribution >= 0.6 is 0 Å². The van der Waals surface area contributed by atoms with E-state index in [1.807, 2.05) is 12.2 Å². The van der Waals surface area contributed by atoms with E-state index in [1.165, 1.54) is 0 Å². The molecule has 0 fully saturated rings. The molecule has 0 saturated carbocycles. The molecule has 0 bridgehead atoms. The maximum atomic E-state index is 11.9. The topological polar surface area (TPSA) is 50.4 Å². The molecule has 1 rings (SSSR count). The lowest BCUT2D eigenvalue weighted by molar-refractivity contribution is -0.126. The highest BCUT2D eigenvalue weighted by Crippen LogP contribution is 2.23. The van der Waals surface area contributed by atoms with Gasteiger partial charge in [-0.05, 0) is 18.6 Å². The predicted octanol–water partition coefficient (Wildman–Crippen LogP) is 2.57. The Balaban J connectivity index is 2.49. The van der Waals surface area contributed by atoms with Gasteiger partial charge in [-0.3, -0.25) is 4.79 Å². The number of benzene rings is 1. The maximum absolute atomic E-state index is 11.9. The highest BCUT2D eigenvalue weighted by atomic mass is 19.4. The van der Waals surface area contributed by atoms with Crippen molar-refractivity contribution in [2.45, 2.75) is 19.5 Å². The highest BCUT2D eigenvalue weighted by Gasteiger charge is 2.26. The lowest BCUT2D eigenvalue weighted by Gasteiger charge is -2.12. The van der Waals surface area contributed by atoms with Crippen LogP contribution < -0.4 is 15.4 Å². The Morgan fingerprint density at radius 1 is 1.30 bits per heavy atom. The first kappa shape index (κ1) is 16.3. The molecule has 1 aromatic rings. The zero-order valence-electron chi connectivity index (χ0n) is 11.1. The molecule has 0 saturated heterocycles. The van der Waals surface area contributed by atoms with Crippen molar-refractivity contribution in [1.82, 2.24) is 5.32 Å². The van der Waals surface area contributed by atoms with Gasteiger partial charge < -0.3 is 15.4 Å². The summed E-state index contributed by atoms with van der Waals surface area (Å²) in [5, 5.41) is 4.54. The molecule has 20 heavy (non-hydrogen) atoms. The van der Waals surface area contributed by atoms with Crippen molar-refractivity contribution in [2.24, 2.45) is 0 Å². The van der Waals surface area contributed by atoms with Crippen LogP contribution in [0.4, 0.5) is 18.9 Å². The summed E-state index contributed by atoms with van der Waals surface area (Å²) in [7, 11) is 0. The second-order valence-electron chi connectivity index (χ2n) is 4.11. The number of anilines is 1. The molecular weight excluding hydrogens is 273 g/mol. The number of alkyl halides is 3. The number of hydrogen-bond acceptors (Lipinski definition) is 3. The number of rotatable bonds is 7. The first-order chi connectivity index (χ1) is 9.42. The molecule has 0 heterocycles. The summed E-state index contributed by atoms with van der Waals surface area (Å²) in [4.78, 5) is 11.5. The van der Waals surface area contributed by atoms with Crippen LogP contribution in [-0.2, 0) is 4.79 Å². The summed E-state index contributed by atoms with van der Waals surface area (Å²) in [6.45, 7) is 0.831. The van der Waals surface area contributed by atoms with Crippen molar-refractivity contribution in [3.8, 4) is 5.75 Å². The second kappa shape index (κ2) is 7.74. The molecule has 0 atom stereocenters. The van der Waals surface area contributed by atoms with Crippen LogP contribution in [0.1, 0.15) is 13.3 Å². The Bertz CT molecular complexity index is 436. The zero-order valence-corrected chi connectivity index (χ0v) is 11.1. The smallest absolute Gasteiger partial charge is 0.401 e. The van der Waals surface area contributed by atoms with Crippen LogP contribution in [-0.4, -0.2) is 31.8 Å². The van der Waals surface area contributed by atoms with E-state index >= 15 is 0 Å². The third-order valence-electron chi connectivity index (χ3n) is 2.23.